The lowest BCUT2D eigenvalue weighted by Gasteiger charge is -2.20. The largest absolute Gasteiger partial charge is 0.383 e. The number of nitrogens with one attached hydrogen (secondary N) is 1. The Bertz CT molecular complexity index is 658. The van der Waals surface area contributed by atoms with Crippen molar-refractivity contribution in [3.63, 3.8) is 0 Å². The van der Waals surface area contributed by atoms with Gasteiger partial charge in [-0.2, -0.15) is 5.26 Å². The number of aryl methyl sites for hydroxylation is 1. The molecule has 2 atom stereocenters. The summed E-state index contributed by atoms with van der Waals surface area (Å²) in [5.74, 6) is 1.38. The summed E-state index contributed by atoms with van der Waals surface area (Å²) in [4.78, 5) is 8.53. The van der Waals surface area contributed by atoms with Crippen LogP contribution in [0.3, 0.4) is 0 Å². The van der Waals surface area contributed by atoms with Crippen molar-refractivity contribution < 1.29 is 4.74 Å². The number of nitrogens with zero attached hydrogens (tertiary/aromatic N) is 4. The van der Waals surface area contributed by atoms with E-state index >= 15 is 0 Å². The summed E-state index contributed by atoms with van der Waals surface area (Å²) in [5.41, 5.74) is 1.35. The molecule has 0 amide bonds. The van der Waals surface area contributed by atoms with E-state index in [0.29, 0.717) is 11.6 Å². The Morgan fingerprint density at radius 1 is 1.45 bits per heavy atom. The van der Waals surface area contributed by atoms with Gasteiger partial charge in [0.05, 0.1) is 11.9 Å². The van der Waals surface area contributed by atoms with E-state index in [2.05, 4.69) is 26.8 Å². The van der Waals surface area contributed by atoms with Crippen LogP contribution >= 0.6 is 0 Å². The van der Waals surface area contributed by atoms with E-state index in [1.807, 2.05) is 24.5 Å². The van der Waals surface area contributed by atoms with Gasteiger partial charge in [0.1, 0.15) is 23.7 Å². The second-order valence-corrected chi connectivity index (χ2v) is 5.34. The highest BCUT2D eigenvalue weighted by atomic mass is 16.5. The van der Waals surface area contributed by atoms with E-state index in [9.17, 15) is 0 Å². The van der Waals surface area contributed by atoms with Gasteiger partial charge in [-0.3, -0.25) is 0 Å². The van der Waals surface area contributed by atoms with Crippen LogP contribution in [0.25, 0.3) is 0 Å². The van der Waals surface area contributed by atoms with Gasteiger partial charge in [0.2, 0.25) is 0 Å². The SMILES string of the molecule is CCn1ccnc1[C@@H]1OCC[C@H]1CNc1ccc(C#N)nc1. The number of hydrogen-bond donors (Lipinski definition) is 1. The highest BCUT2D eigenvalue weighted by Gasteiger charge is 2.32. The molecule has 1 aliphatic rings. The molecule has 0 saturated carbocycles. The number of anilines is 1. The number of imidazole rings is 1. The maximum absolute atomic E-state index is 8.76. The van der Waals surface area contributed by atoms with E-state index < -0.39 is 0 Å². The van der Waals surface area contributed by atoms with Crippen molar-refractivity contribution in [3.05, 3.63) is 42.2 Å². The number of rotatable bonds is 5. The first kappa shape index (κ1) is 14.5. The predicted molar refractivity (Wildman–Crippen MR) is 82.1 cm³/mol. The zero-order valence-electron chi connectivity index (χ0n) is 12.6. The third kappa shape index (κ3) is 2.95. The Balaban J connectivity index is 1.65. The number of ether oxygens (including phenoxy) is 1. The molecule has 1 saturated heterocycles. The summed E-state index contributed by atoms with van der Waals surface area (Å²) >= 11 is 0. The minimum atomic E-state index is 0.0359. The van der Waals surface area contributed by atoms with Gasteiger partial charge in [-0.05, 0) is 25.5 Å². The zero-order chi connectivity index (χ0) is 15.4. The molecule has 3 heterocycles. The quantitative estimate of drug-likeness (QED) is 0.917. The third-order valence-corrected chi connectivity index (χ3v) is 4.00. The van der Waals surface area contributed by atoms with Crippen LogP contribution in [0, 0.1) is 17.2 Å². The molecule has 1 N–H and O–H groups in total. The molecular formula is C16H19N5O. The molecular weight excluding hydrogens is 278 g/mol. The minimum Gasteiger partial charge on any atom is -0.383 e. The first-order valence-electron chi connectivity index (χ1n) is 7.54. The van der Waals surface area contributed by atoms with Crippen LogP contribution in [-0.4, -0.2) is 27.7 Å². The monoisotopic (exact) mass is 297 g/mol. The van der Waals surface area contributed by atoms with Crippen LogP contribution in [0.1, 0.15) is 31.0 Å². The minimum absolute atomic E-state index is 0.0359. The van der Waals surface area contributed by atoms with Gasteiger partial charge in [0.25, 0.3) is 0 Å². The fourth-order valence-corrected chi connectivity index (χ4v) is 2.79. The Hall–Kier alpha value is -2.39. The molecule has 0 aromatic carbocycles. The van der Waals surface area contributed by atoms with E-state index in [-0.39, 0.29) is 6.10 Å². The molecule has 1 fully saturated rings. The van der Waals surface area contributed by atoms with Crippen molar-refractivity contribution in [3.8, 4) is 6.07 Å². The standard InChI is InChI=1S/C16H19N5O/c1-2-21-7-6-18-16(21)15-12(5-8-22-15)10-19-14-4-3-13(9-17)20-11-14/h3-4,6-7,11-12,15,19H,2,5,8,10H2,1H3/t12-,15+/m0/s1. The van der Waals surface area contributed by atoms with Crippen molar-refractivity contribution in [2.24, 2.45) is 5.92 Å². The second kappa shape index (κ2) is 6.58. The van der Waals surface area contributed by atoms with Gasteiger partial charge < -0.3 is 14.6 Å². The molecule has 0 spiro atoms. The van der Waals surface area contributed by atoms with Crippen LogP contribution in [0.5, 0.6) is 0 Å². The molecule has 1 aliphatic heterocycles. The van der Waals surface area contributed by atoms with Gasteiger partial charge in [-0.15, -0.1) is 0 Å². The maximum atomic E-state index is 8.76. The van der Waals surface area contributed by atoms with E-state index in [1.165, 1.54) is 0 Å². The highest BCUT2D eigenvalue weighted by molar-refractivity contribution is 5.42. The second-order valence-electron chi connectivity index (χ2n) is 5.34. The molecule has 2 aromatic rings. The molecule has 0 aliphatic carbocycles. The molecule has 6 nitrogen and oxygen atoms in total. The van der Waals surface area contributed by atoms with Gasteiger partial charge >= 0.3 is 0 Å². The summed E-state index contributed by atoms with van der Waals surface area (Å²) in [6.45, 7) is 4.57. The summed E-state index contributed by atoms with van der Waals surface area (Å²) in [5, 5.41) is 12.1. The third-order valence-electron chi connectivity index (χ3n) is 4.00. The lowest BCUT2D eigenvalue weighted by molar-refractivity contribution is 0.0832. The lowest BCUT2D eigenvalue weighted by Crippen LogP contribution is -2.20. The summed E-state index contributed by atoms with van der Waals surface area (Å²) in [7, 11) is 0. The number of aromatic nitrogens is 3. The Kier molecular flexibility index (Phi) is 4.35. The van der Waals surface area contributed by atoms with Gasteiger partial charge in [-0.1, -0.05) is 0 Å². The summed E-state index contributed by atoms with van der Waals surface area (Å²) in [6.07, 6.45) is 6.56. The molecule has 0 radical (unpaired) electrons. The molecule has 22 heavy (non-hydrogen) atoms. The summed E-state index contributed by atoms with van der Waals surface area (Å²) < 4.78 is 8.03. The first-order chi connectivity index (χ1) is 10.8. The molecule has 0 unspecified atom stereocenters. The normalized spacial score (nSPS) is 20.7. The van der Waals surface area contributed by atoms with E-state index in [1.54, 1.807) is 12.3 Å². The fraction of sp³-hybridized carbons (Fsp3) is 0.438. The number of pyridine rings is 1. The van der Waals surface area contributed by atoms with Crippen LogP contribution < -0.4 is 5.32 Å². The van der Waals surface area contributed by atoms with Crippen molar-refractivity contribution in [1.82, 2.24) is 14.5 Å². The molecule has 3 rings (SSSR count). The Morgan fingerprint density at radius 2 is 2.36 bits per heavy atom. The van der Waals surface area contributed by atoms with Gasteiger partial charge in [0, 0.05) is 38.0 Å². The van der Waals surface area contributed by atoms with Crippen LogP contribution in [0.4, 0.5) is 5.69 Å². The topological polar surface area (TPSA) is 75.8 Å². The maximum Gasteiger partial charge on any atom is 0.140 e. The Labute approximate surface area is 129 Å². The van der Waals surface area contributed by atoms with Crippen LogP contribution in [-0.2, 0) is 11.3 Å². The smallest absolute Gasteiger partial charge is 0.140 e. The van der Waals surface area contributed by atoms with Gasteiger partial charge in [-0.25, -0.2) is 9.97 Å². The number of nitriles is 1. The molecule has 0 bridgehead atoms. The number of hydrogen-bond acceptors (Lipinski definition) is 5. The highest BCUT2D eigenvalue weighted by Crippen LogP contribution is 2.33. The average Bonchev–Trinajstić information content (AvgIpc) is 3.21. The fourth-order valence-electron chi connectivity index (χ4n) is 2.79. The van der Waals surface area contributed by atoms with Crippen LogP contribution in [0.2, 0.25) is 0 Å². The van der Waals surface area contributed by atoms with Crippen molar-refractivity contribution in [1.29, 1.82) is 5.26 Å². The predicted octanol–water partition coefficient (Wildman–Crippen LogP) is 2.36. The molecule has 2 aromatic heterocycles. The van der Waals surface area contributed by atoms with E-state index in [0.717, 1.165) is 37.6 Å². The van der Waals surface area contributed by atoms with Crippen LogP contribution in [0.15, 0.2) is 30.7 Å². The molecule has 114 valence electrons. The first-order valence-corrected chi connectivity index (χ1v) is 7.54. The van der Waals surface area contributed by atoms with Crippen molar-refractivity contribution in [2.45, 2.75) is 26.0 Å². The summed E-state index contributed by atoms with van der Waals surface area (Å²) in [6, 6.07) is 5.62. The Morgan fingerprint density at radius 3 is 3.09 bits per heavy atom. The average molecular weight is 297 g/mol. The zero-order valence-corrected chi connectivity index (χ0v) is 12.6. The molecule has 6 heteroatoms. The van der Waals surface area contributed by atoms with Crippen molar-refractivity contribution >= 4 is 5.69 Å². The lowest BCUT2D eigenvalue weighted by atomic mass is 10.0. The van der Waals surface area contributed by atoms with Crippen molar-refractivity contribution in [2.75, 3.05) is 18.5 Å². The van der Waals surface area contributed by atoms with E-state index in [4.69, 9.17) is 10.00 Å². The van der Waals surface area contributed by atoms with Gasteiger partial charge in [0.15, 0.2) is 0 Å².